The number of carbonyl (C=O) groups excluding carboxylic acids is 2. The van der Waals surface area contributed by atoms with Gasteiger partial charge in [-0.2, -0.15) is 0 Å². The van der Waals surface area contributed by atoms with Gasteiger partial charge < -0.3 is 45.5 Å². The lowest BCUT2D eigenvalue weighted by Crippen LogP contribution is -2.53. The molecule has 45 heavy (non-hydrogen) atoms. The van der Waals surface area contributed by atoms with Gasteiger partial charge in [0.2, 0.25) is 0 Å². The highest BCUT2D eigenvalue weighted by atomic mass is 16.6. The Morgan fingerprint density at radius 1 is 0.689 bits per heavy atom. The SMILES string of the molecule is CC(C)(O)COc1ccc(C[C@@H](NC(=O)OC(C)(C)C)C(O)CNC[C@H](O)[C@H](Cc2ccccc2)NC(=O)OC(C)(C)C)cc1. The lowest BCUT2D eigenvalue weighted by Gasteiger charge is -2.29. The highest BCUT2D eigenvalue weighted by Crippen LogP contribution is 2.17. The molecule has 0 heterocycles. The summed E-state index contributed by atoms with van der Waals surface area (Å²) < 4.78 is 16.4. The fraction of sp³-hybridized carbons (Fsp3) is 0.588. The number of benzene rings is 2. The fourth-order valence-electron chi connectivity index (χ4n) is 4.25. The van der Waals surface area contributed by atoms with Crippen LogP contribution < -0.4 is 20.7 Å². The first-order valence-corrected chi connectivity index (χ1v) is 15.3. The Kier molecular flexibility index (Phi) is 14.1. The Bertz CT molecular complexity index is 1170. The number of alkyl carbamates (subject to hydrolysis) is 2. The van der Waals surface area contributed by atoms with Gasteiger partial charge >= 0.3 is 12.2 Å². The van der Waals surface area contributed by atoms with Gasteiger partial charge in [0.1, 0.15) is 23.6 Å². The molecule has 0 aromatic heterocycles. The summed E-state index contributed by atoms with van der Waals surface area (Å²) in [6.07, 6.45) is -2.72. The molecule has 0 fully saturated rings. The topological polar surface area (TPSA) is 159 Å². The lowest BCUT2D eigenvalue weighted by molar-refractivity contribution is 0.0284. The maximum Gasteiger partial charge on any atom is 0.407 e. The molecular formula is C34H53N3O8. The number of carbonyl (C=O) groups is 2. The quantitative estimate of drug-likeness (QED) is 0.172. The molecule has 0 aliphatic carbocycles. The maximum absolute atomic E-state index is 12.6. The van der Waals surface area contributed by atoms with Crippen LogP contribution in [0.3, 0.4) is 0 Å². The summed E-state index contributed by atoms with van der Waals surface area (Å²) in [7, 11) is 0. The summed E-state index contributed by atoms with van der Waals surface area (Å²) in [5.74, 6) is 0.582. The number of hydrogen-bond acceptors (Lipinski definition) is 9. The van der Waals surface area contributed by atoms with Crippen LogP contribution in [0, 0.1) is 0 Å². The van der Waals surface area contributed by atoms with Gasteiger partial charge in [0.15, 0.2) is 0 Å². The number of hydrogen-bond donors (Lipinski definition) is 6. The van der Waals surface area contributed by atoms with Gasteiger partial charge in [-0.3, -0.25) is 0 Å². The van der Waals surface area contributed by atoms with Crippen molar-refractivity contribution in [2.24, 2.45) is 0 Å². The predicted octanol–water partition coefficient (Wildman–Crippen LogP) is 3.72. The van der Waals surface area contributed by atoms with Gasteiger partial charge in [-0.25, -0.2) is 9.59 Å². The van der Waals surface area contributed by atoms with Crippen molar-refractivity contribution in [3.05, 3.63) is 65.7 Å². The van der Waals surface area contributed by atoms with Gasteiger partial charge in [-0.1, -0.05) is 42.5 Å². The van der Waals surface area contributed by atoms with Crippen LogP contribution >= 0.6 is 0 Å². The van der Waals surface area contributed by atoms with E-state index in [0.717, 1.165) is 11.1 Å². The van der Waals surface area contributed by atoms with Crippen LogP contribution in [0.15, 0.2) is 54.6 Å². The van der Waals surface area contributed by atoms with E-state index in [1.54, 1.807) is 67.5 Å². The molecule has 0 aliphatic heterocycles. The van der Waals surface area contributed by atoms with Crippen LogP contribution in [-0.4, -0.2) is 88.3 Å². The Labute approximate surface area is 267 Å². The molecule has 2 aromatic carbocycles. The third kappa shape index (κ3) is 16.5. The molecule has 11 nitrogen and oxygen atoms in total. The highest BCUT2D eigenvalue weighted by Gasteiger charge is 2.28. The van der Waals surface area contributed by atoms with E-state index in [2.05, 4.69) is 16.0 Å². The van der Waals surface area contributed by atoms with Crippen LogP contribution in [0.5, 0.6) is 5.75 Å². The van der Waals surface area contributed by atoms with E-state index in [1.807, 2.05) is 42.5 Å². The molecule has 6 N–H and O–H groups in total. The van der Waals surface area contributed by atoms with Gasteiger partial charge in [-0.05, 0) is 91.5 Å². The summed E-state index contributed by atoms with van der Waals surface area (Å²) in [5.41, 5.74) is -0.643. The molecule has 1 unspecified atom stereocenters. The number of nitrogens with one attached hydrogen (secondary N) is 3. The molecule has 4 atom stereocenters. The molecular weight excluding hydrogens is 578 g/mol. The first-order chi connectivity index (χ1) is 20.8. The summed E-state index contributed by atoms with van der Waals surface area (Å²) in [4.78, 5) is 25.2. The number of rotatable bonds is 15. The first kappa shape index (κ1) is 37.8. The Morgan fingerprint density at radius 3 is 1.51 bits per heavy atom. The van der Waals surface area contributed by atoms with Crippen LogP contribution in [0.25, 0.3) is 0 Å². The van der Waals surface area contributed by atoms with E-state index >= 15 is 0 Å². The highest BCUT2D eigenvalue weighted by molar-refractivity contribution is 5.68. The number of amides is 2. The van der Waals surface area contributed by atoms with Crippen LogP contribution in [0.1, 0.15) is 66.5 Å². The molecule has 0 aliphatic rings. The van der Waals surface area contributed by atoms with E-state index in [-0.39, 0.29) is 26.1 Å². The van der Waals surface area contributed by atoms with Gasteiger partial charge in [0.05, 0.1) is 29.9 Å². The smallest absolute Gasteiger partial charge is 0.407 e. The summed E-state index contributed by atoms with van der Waals surface area (Å²) in [6, 6.07) is 15.2. The Balaban J connectivity index is 2.08. The van der Waals surface area contributed by atoms with Crippen molar-refractivity contribution in [2.75, 3.05) is 19.7 Å². The van der Waals surface area contributed by atoms with E-state index < -0.39 is 53.3 Å². The molecule has 2 rings (SSSR count). The second-order valence-electron chi connectivity index (χ2n) is 13.9. The molecule has 252 valence electrons. The molecule has 2 aromatic rings. The Morgan fingerprint density at radius 2 is 1.11 bits per heavy atom. The van der Waals surface area contributed by atoms with Crippen molar-refractivity contribution in [1.29, 1.82) is 0 Å². The van der Waals surface area contributed by atoms with E-state index in [1.165, 1.54) is 0 Å². The zero-order valence-electron chi connectivity index (χ0n) is 27.9. The molecule has 0 saturated carbocycles. The second-order valence-corrected chi connectivity index (χ2v) is 13.9. The molecule has 0 bridgehead atoms. The third-order valence-corrected chi connectivity index (χ3v) is 6.31. The minimum absolute atomic E-state index is 0.0365. The largest absolute Gasteiger partial charge is 0.491 e. The minimum Gasteiger partial charge on any atom is -0.491 e. The molecule has 2 amide bonds. The average molecular weight is 632 g/mol. The van der Waals surface area contributed by atoms with Crippen molar-refractivity contribution >= 4 is 12.2 Å². The lowest BCUT2D eigenvalue weighted by atomic mass is 10.00. The maximum atomic E-state index is 12.6. The van der Waals surface area contributed by atoms with E-state index in [4.69, 9.17) is 14.2 Å². The standard InChI is InChI=1S/C34H53N3O8/c1-32(2,3)44-30(40)36-26(18-23-12-10-9-11-13-23)28(38)20-35-21-29(39)27(37-31(41)45-33(4,5)6)19-24-14-16-25(17-15-24)43-22-34(7,8)42/h9-17,26-29,35,38-39,42H,18-22H2,1-8H3,(H,36,40)(H,37,41)/t26-,27+,28-,29?/m0/s1. The van der Waals surface area contributed by atoms with Crippen molar-refractivity contribution in [1.82, 2.24) is 16.0 Å². The third-order valence-electron chi connectivity index (χ3n) is 6.31. The summed E-state index contributed by atoms with van der Waals surface area (Å²) >= 11 is 0. The molecule has 0 radical (unpaired) electrons. The van der Waals surface area contributed by atoms with Crippen molar-refractivity contribution in [2.45, 2.75) is 109 Å². The zero-order chi connectivity index (χ0) is 33.8. The monoisotopic (exact) mass is 631 g/mol. The van der Waals surface area contributed by atoms with Crippen LogP contribution in [0.2, 0.25) is 0 Å². The number of ether oxygens (including phenoxy) is 3. The molecule has 0 spiro atoms. The zero-order valence-corrected chi connectivity index (χ0v) is 27.9. The van der Waals surface area contributed by atoms with Gasteiger partial charge in [-0.15, -0.1) is 0 Å². The van der Waals surface area contributed by atoms with Crippen molar-refractivity contribution in [3.63, 3.8) is 0 Å². The minimum atomic E-state index is -1.05. The second kappa shape index (κ2) is 16.8. The first-order valence-electron chi connectivity index (χ1n) is 15.3. The Hall–Kier alpha value is -3.38. The van der Waals surface area contributed by atoms with Crippen molar-refractivity contribution in [3.8, 4) is 5.75 Å². The van der Waals surface area contributed by atoms with E-state index in [0.29, 0.717) is 12.2 Å². The summed E-state index contributed by atoms with van der Waals surface area (Å²) in [5, 5.41) is 40.7. The van der Waals surface area contributed by atoms with Gasteiger partial charge in [0.25, 0.3) is 0 Å². The molecule has 0 saturated heterocycles. The van der Waals surface area contributed by atoms with Crippen LogP contribution in [-0.2, 0) is 22.3 Å². The van der Waals surface area contributed by atoms with Gasteiger partial charge in [0, 0.05) is 13.1 Å². The van der Waals surface area contributed by atoms with E-state index in [9.17, 15) is 24.9 Å². The average Bonchev–Trinajstić information content (AvgIpc) is 2.90. The van der Waals surface area contributed by atoms with Crippen molar-refractivity contribution < 1.29 is 39.1 Å². The summed E-state index contributed by atoms with van der Waals surface area (Å²) in [6.45, 7) is 14.1. The predicted molar refractivity (Wildman–Crippen MR) is 173 cm³/mol. The number of aliphatic hydroxyl groups is 3. The number of aliphatic hydroxyl groups excluding tert-OH is 2. The van der Waals surface area contributed by atoms with Crippen LogP contribution in [0.4, 0.5) is 9.59 Å². The normalized spacial score (nSPS) is 14.9. The molecule has 11 heteroatoms. The fourth-order valence-corrected chi connectivity index (χ4v) is 4.25.